The van der Waals surface area contributed by atoms with Gasteiger partial charge in [-0.2, -0.15) is 4.72 Å². The lowest BCUT2D eigenvalue weighted by Gasteiger charge is -2.20. The summed E-state index contributed by atoms with van der Waals surface area (Å²) in [5.41, 5.74) is 1.44. The van der Waals surface area contributed by atoms with Crippen molar-refractivity contribution in [3.05, 3.63) is 65.7 Å². The highest BCUT2D eigenvalue weighted by atomic mass is 32.2. The van der Waals surface area contributed by atoms with E-state index in [1.165, 1.54) is 12.1 Å². The zero-order valence-electron chi connectivity index (χ0n) is 15.5. The van der Waals surface area contributed by atoms with Crippen molar-refractivity contribution in [3.63, 3.8) is 0 Å². The number of Topliss-reactive ketones (excluding diaryl/α,β-unsaturated/α-hetero) is 1. The third-order valence-corrected chi connectivity index (χ3v) is 5.43. The molecule has 1 N–H and O–H groups in total. The van der Waals surface area contributed by atoms with Crippen molar-refractivity contribution in [1.82, 2.24) is 4.72 Å². The first-order valence-corrected chi connectivity index (χ1v) is 10.0. The first kappa shape index (κ1) is 20.8. The van der Waals surface area contributed by atoms with Crippen LogP contribution in [0.2, 0.25) is 0 Å². The lowest BCUT2D eigenvalue weighted by molar-refractivity contribution is -0.145. The summed E-state index contributed by atoms with van der Waals surface area (Å²) in [6, 6.07) is 13.6. The number of ether oxygens (including phenoxy) is 1. The molecule has 0 spiro atoms. The van der Waals surface area contributed by atoms with Crippen LogP contribution in [-0.2, 0) is 19.6 Å². The van der Waals surface area contributed by atoms with Crippen molar-refractivity contribution >= 4 is 21.8 Å². The van der Waals surface area contributed by atoms with Gasteiger partial charge in [0.25, 0.3) is 0 Å². The molecule has 0 fully saturated rings. The maximum atomic E-state index is 12.5. The highest BCUT2D eigenvalue weighted by molar-refractivity contribution is 7.89. The Morgan fingerprint density at radius 1 is 1.00 bits per heavy atom. The molecule has 6 nitrogen and oxygen atoms in total. The van der Waals surface area contributed by atoms with Crippen LogP contribution in [0.5, 0.6) is 0 Å². The van der Waals surface area contributed by atoms with Crippen molar-refractivity contribution < 1.29 is 22.7 Å². The number of hydrogen-bond donors (Lipinski definition) is 1. The number of esters is 1. The molecule has 2 aromatic rings. The van der Waals surface area contributed by atoms with Crippen LogP contribution in [0.3, 0.4) is 0 Å². The minimum absolute atomic E-state index is 0.0548. The first-order valence-electron chi connectivity index (χ1n) is 8.54. The Balaban J connectivity index is 2.04. The van der Waals surface area contributed by atoms with Gasteiger partial charge in [-0.05, 0) is 25.0 Å². The molecule has 0 bridgehead atoms. The molecule has 2 aromatic carbocycles. The first-order chi connectivity index (χ1) is 12.7. The van der Waals surface area contributed by atoms with E-state index in [1.54, 1.807) is 56.3 Å². The topological polar surface area (TPSA) is 89.5 Å². The molecule has 0 aliphatic heterocycles. The molecule has 144 valence electrons. The Kier molecular flexibility index (Phi) is 6.87. The van der Waals surface area contributed by atoms with Crippen LogP contribution >= 0.6 is 0 Å². The number of sulfonamides is 1. The summed E-state index contributed by atoms with van der Waals surface area (Å²) in [5.74, 6) is -1.49. The molecule has 0 aromatic heterocycles. The zero-order chi connectivity index (χ0) is 20.0. The number of benzene rings is 2. The summed E-state index contributed by atoms with van der Waals surface area (Å²) in [5, 5.41) is 0. The third-order valence-electron chi connectivity index (χ3n) is 3.98. The monoisotopic (exact) mass is 389 g/mol. The second kappa shape index (κ2) is 8.92. The van der Waals surface area contributed by atoms with E-state index in [0.29, 0.717) is 5.56 Å². The van der Waals surface area contributed by atoms with Crippen LogP contribution in [0.25, 0.3) is 0 Å². The number of carbonyl (C=O) groups excluding carboxylic acids is 2. The average molecular weight is 389 g/mol. The zero-order valence-corrected chi connectivity index (χ0v) is 16.3. The summed E-state index contributed by atoms with van der Waals surface area (Å²) in [6.45, 7) is 4.85. The lowest BCUT2D eigenvalue weighted by atomic mass is 10.1. The third kappa shape index (κ3) is 5.74. The van der Waals surface area contributed by atoms with Gasteiger partial charge in [0.2, 0.25) is 10.0 Å². The van der Waals surface area contributed by atoms with Crippen LogP contribution in [0.15, 0.2) is 59.5 Å². The molecular weight excluding hydrogens is 366 g/mol. The van der Waals surface area contributed by atoms with Gasteiger partial charge < -0.3 is 4.74 Å². The van der Waals surface area contributed by atoms with Gasteiger partial charge in [0.05, 0.1) is 4.90 Å². The summed E-state index contributed by atoms with van der Waals surface area (Å²) < 4.78 is 32.4. The number of carbonyl (C=O) groups is 2. The molecule has 2 rings (SSSR count). The molecule has 0 saturated carbocycles. The Bertz CT molecular complexity index is 890. The molecule has 27 heavy (non-hydrogen) atoms. The second-order valence-electron chi connectivity index (χ2n) is 6.55. The summed E-state index contributed by atoms with van der Waals surface area (Å²) in [4.78, 5) is 24.6. The number of rotatable bonds is 8. The van der Waals surface area contributed by atoms with E-state index < -0.39 is 28.6 Å². The molecule has 0 aliphatic carbocycles. The highest BCUT2D eigenvalue weighted by Gasteiger charge is 2.30. The van der Waals surface area contributed by atoms with Crippen molar-refractivity contribution in [2.24, 2.45) is 5.92 Å². The molecule has 0 amide bonds. The van der Waals surface area contributed by atoms with E-state index in [1.807, 2.05) is 6.92 Å². The molecule has 0 unspecified atom stereocenters. The number of hydrogen-bond acceptors (Lipinski definition) is 5. The van der Waals surface area contributed by atoms with Crippen molar-refractivity contribution in [3.8, 4) is 0 Å². The van der Waals surface area contributed by atoms with E-state index in [2.05, 4.69) is 4.72 Å². The molecule has 0 radical (unpaired) electrons. The van der Waals surface area contributed by atoms with E-state index in [4.69, 9.17) is 4.74 Å². The van der Waals surface area contributed by atoms with Crippen LogP contribution in [0.4, 0.5) is 0 Å². The normalized spacial score (nSPS) is 12.6. The molecule has 0 aliphatic rings. The van der Waals surface area contributed by atoms with Gasteiger partial charge in [-0.3, -0.25) is 9.59 Å². The lowest BCUT2D eigenvalue weighted by Crippen LogP contribution is -2.45. The Hall–Kier alpha value is -2.51. The fraction of sp³-hybridized carbons (Fsp3) is 0.300. The van der Waals surface area contributed by atoms with Gasteiger partial charge in [-0.25, -0.2) is 8.42 Å². The van der Waals surface area contributed by atoms with Crippen molar-refractivity contribution in [2.75, 3.05) is 6.61 Å². The van der Waals surface area contributed by atoms with Gasteiger partial charge in [0, 0.05) is 5.56 Å². The SMILES string of the molecule is Cc1ccc(C(=O)COC(=O)[C@@H](NS(=O)(=O)c2ccccc2)C(C)C)cc1. The van der Waals surface area contributed by atoms with Gasteiger partial charge in [-0.15, -0.1) is 0 Å². The van der Waals surface area contributed by atoms with Gasteiger partial charge in [0.15, 0.2) is 12.4 Å². The van der Waals surface area contributed by atoms with Crippen LogP contribution in [0.1, 0.15) is 29.8 Å². The molecular formula is C20H23NO5S. The van der Waals surface area contributed by atoms with Crippen molar-refractivity contribution in [1.29, 1.82) is 0 Å². The predicted octanol–water partition coefficient (Wildman–Crippen LogP) is 2.72. The van der Waals surface area contributed by atoms with Crippen molar-refractivity contribution in [2.45, 2.75) is 31.7 Å². The maximum Gasteiger partial charge on any atom is 0.324 e. The van der Waals surface area contributed by atoms with Crippen LogP contribution in [-0.4, -0.2) is 32.8 Å². The minimum atomic E-state index is -3.88. The number of ketones is 1. The fourth-order valence-corrected chi connectivity index (χ4v) is 3.69. The standard InChI is InChI=1S/C20H23NO5S/c1-14(2)19(21-27(24,25)17-7-5-4-6-8-17)20(23)26-13-18(22)16-11-9-15(3)10-12-16/h4-12,14,19,21H,13H2,1-3H3/t19-/m0/s1. The highest BCUT2D eigenvalue weighted by Crippen LogP contribution is 2.13. The smallest absolute Gasteiger partial charge is 0.324 e. The predicted molar refractivity (Wildman–Crippen MR) is 102 cm³/mol. The molecule has 0 heterocycles. The van der Waals surface area contributed by atoms with E-state index in [9.17, 15) is 18.0 Å². The van der Waals surface area contributed by atoms with Gasteiger partial charge >= 0.3 is 5.97 Å². The van der Waals surface area contributed by atoms with Gasteiger partial charge in [-0.1, -0.05) is 61.9 Å². The fourth-order valence-electron chi connectivity index (χ4n) is 2.34. The number of aryl methyl sites for hydroxylation is 1. The van der Waals surface area contributed by atoms with E-state index in [-0.39, 0.29) is 16.6 Å². The van der Waals surface area contributed by atoms with Gasteiger partial charge in [0.1, 0.15) is 6.04 Å². The average Bonchev–Trinajstić information content (AvgIpc) is 2.65. The Morgan fingerprint density at radius 3 is 2.15 bits per heavy atom. The Morgan fingerprint density at radius 2 is 1.59 bits per heavy atom. The minimum Gasteiger partial charge on any atom is -0.456 e. The summed E-state index contributed by atoms with van der Waals surface area (Å²) >= 11 is 0. The maximum absolute atomic E-state index is 12.5. The summed E-state index contributed by atoms with van der Waals surface area (Å²) in [6.07, 6.45) is 0. The number of nitrogens with one attached hydrogen (secondary N) is 1. The largest absolute Gasteiger partial charge is 0.456 e. The van der Waals surface area contributed by atoms with Crippen LogP contribution in [0, 0.1) is 12.8 Å². The molecule has 1 atom stereocenters. The van der Waals surface area contributed by atoms with Crippen LogP contribution < -0.4 is 4.72 Å². The second-order valence-corrected chi connectivity index (χ2v) is 8.27. The van der Waals surface area contributed by atoms with E-state index in [0.717, 1.165) is 5.56 Å². The molecule has 7 heteroatoms. The molecule has 0 saturated heterocycles. The quantitative estimate of drug-likeness (QED) is 0.554. The summed E-state index contributed by atoms with van der Waals surface area (Å²) in [7, 11) is -3.88. The van der Waals surface area contributed by atoms with E-state index >= 15 is 0 Å². The Labute approximate surface area is 159 Å².